The lowest BCUT2D eigenvalue weighted by Crippen LogP contribution is -2.52. The third-order valence-electron chi connectivity index (χ3n) is 3.21. The van der Waals surface area contributed by atoms with Crippen LogP contribution in [0.1, 0.15) is 36.7 Å². The van der Waals surface area contributed by atoms with Gasteiger partial charge in [-0.1, -0.05) is 0 Å². The largest absolute Gasteiger partial charge is 0.343 e. The summed E-state index contributed by atoms with van der Waals surface area (Å²) >= 11 is 3.35. The fraction of sp³-hybridized carbons (Fsp3) is 0.500. The summed E-state index contributed by atoms with van der Waals surface area (Å²) in [5.41, 5.74) is -0.0345. The third kappa shape index (κ3) is 2.22. The minimum absolute atomic E-state index is 0.168. The lowest BCUT2D eigenvalue weighted by Gasteiger charge is -2.35. The molecule has 2 rings (SSSR count). The van der Waals surface area contributed by atoms with E-state index in [1.54, 1.807) is 6.07 Å². The van der Waals surface area contributed by atoms with Gasteiger partial charge in [-0.05, 0) is 48.2 Å². The number of hydrogen-bond acceptors (Lipinski definition) is 2. The van der Waals surface area contributed by atoms with Crippen molar-refractivity contribution >= 4 is 21.8 Å². The van der Waals surface area contributed by atoms with Crippen molar-refractivity contribution in [3.63, 3.8) is 0 Å². The summed E-state index contributed by atoms with van der Waals surface area (Å²) in [5.74, 6) is -0.168. The molecule has 1 heterocycles. The predicted molar refractivity (Wildman–Crippen MR) is 67.5 cm³/mol. The Kier molecular flexibility index (Phi) is 3.25. The van der Waals surface area contributed by atoms with Gasteiger partial charge < -0.3 is 9.88 Å². The van der Waals surface area contributed by atoms with E-state index in [1.165, 1.54) is 0 Å². The van der Waals surface area contributed by atoms with Gasteiger partial charge in [-0.3, -0.25) is 4.79 Å². The number of nitriles is 1. The Balaban J connectivity index is 2.17. The Labute approximate surface area is 109 Å². The van der Waals surface area contributed by atoms with Crippen molar-refractivity contribution in [2.24, 2.45) is 0 Å². The van der Waals surface area contributed by atoms with E-state index in [-0.39, 0.29) is 5.91 Å². The van der Waals surface area contributed by atoms with Crippen molar-refractivity contribution in [1.82, 2.24) is 9.88 Å². The Morgan fingerprint density at radius 1 is 1.71 bits per heavy atom. The van der Waals surface area contributed by atoms with Crippen LogP contribution in [0, 0.1) is 11.3 Å². The van der Waals surface area contributed by atoms with E-state index < -0.39 is 5.54 Å². The van der Waals surface area contributed by atoms with Crippen molar-refractivity contribution in [3.8, 4) is 6.07 Å². The number of aryl methyl sites for hydroxylation is 1. The summed E-state index contributed by atoms with van der Waals surface area (Å²) in [4.78, 5) is 12.1. The second-order valence-electron chi connectivity index (χ2n) is 4.33. The minimum Gasteiger partial charge on any atom is -0.343 e. The van der Waals surface area contributed by atoms with Gasteiger partial charge >= 0.3 is 0 Å². The lowest BCUT2D eigenvalue weighted by molar-refractivity contribution is 0.0872. The summed E-state index contributed by atoms with van der Waals surface area (Å²) in [6, 6.07) is 3.99. The topological polar surface area (TPSA) is 57.8 Å². The number of carbonyl (C=O) groups excluding carboxylic acids is 1. The molecule has 1 amide bonds. The zero-order valence-electron chi connectivity index (χ0n) is 9.66. The average molecular weight is 296 g/mol. The first kappa shape index (κ1) is 12.2. The number of carbonyl (C=O) groups is 1. The molecule has 0 atom stereocenters. The lowest BCUT2D eigenvalue weighted by atomic mass is 9.78. The van der Waals surface area contributed by atoms with E-state index >= 15 is 0 Å². The van der Waals surface area contributed by atoms with Crippen molar-refractivity contribution in [3.05, 3.63) is 22.4 Å². The molecule has 1 saturated carbocycles. The Morgan fingerprint density at radius 3 is 2.88 bits per heavy atom. The molecule has 1 fully saturated rings. The second kappa shape index (κ2) is 4.53. The molecule has 1 aliphatic rings. The molecule has 1 aromatic rings. The first-order valence-corrected chi connectivity index (χ1v) is 6.49. The third-order valence-corrected chi connectivity index (χ3v) is 3.64. The van der Waals surface area contributed by atoms with Crippen LogP contribution in [0.25, 0.3) is 0 Å². The molecule has 17 heavy (non-hydrogen) atoms. The highest BCUT2D eigenvalue weighted by molar-refractivity contribution is 9.10. The van der Waals surface area contributed by atoms with Crippen LogP contribution in [0.3, 0.4) is 0 Å². The van der Waals surface area contributed by atoms with Crippen molar-refractivity contribution < 1.29 is 4.79 Å². The molecule has 4 nitrogen and oxygen atoms in total. The smallest absolute Gasteiger partial charge is 0.269 e. The Hall–Kier alpha value is -1.28. The van der Waals surface area contributed by atoms with Gasteiger partial charge in [0.1, 0.15) is 11.2 Å². The monoisotopic (exact) mass is 295 g/mol. The van der Waals surface area contributed by atoms with Crippen LogP contribution in [0.4, 0.5) is 0 Å². The molecule has 1 N–H and O–H groups in total. The first-order chi connectivity index (χ1) is 8.10. The van der Waals surface area contributed by atoms with Crippen LogP contribution in [0.2, 0.25) is 0 Å². The highest BCUT2D eigenvalue weighted by Gasteiger charge is 2.39. The molecule has 1 aromatic heterocycles. The predicted octanol–water partition coefficient (Wildman–Crippen LogP) is 2.45. The zero-order chi connectivity index (χ0) is 12.5. The number of rotatable bonds is 3. The van der Waals surface area contributed by atoms with Crippen LogP contribution in [-0.4, -0.2) is 16.0 Å². The van der Waals surface area contributed by atoms with E-state index in [9.17, 15) is 4.79 Å². The molecular weight excluding hydrogens is 282 g/mol. The van der Waals surface area contributed by atoms with Gasteiger partial charge in [-0.2, -0.15) is 5.26 Å². The van der Waals surface area contributed by atoms with E-state index in [0.717, 1.165) is 30.3 Å². The summed E-state index contributed by atoms with van der Waals surface area (Å²) in [6.07, 6.45) is 4.38. The quantitative estimate of drug-likeness (QED) is 0.931. The van der Waals surface area contributed by atoms with Gasteiger partial charge in [0.15, 0.2) is 0 Å². The Bertz CT molecular complexity index is 482. The normalized spacial score (nSPS) is 17.0. The number of halogens is 1. The molecule has 0 bridgehead atoms. The summed E-state index contributed by atoms with van der Waals surface area (Å²) < 4.78 is 2.74. The number of nitrogens with one attached hydrogen (secondary N) is 1. The van der Waals surface area contributed by atoms with Crippen LogP contribution >= 0.6 is 15.9 Å². The minimum atomic E-state index is -0.633. The number of aromatic nitrogens is 1. The van der Waals surface area contributed by atoms with Crippen LogP contribution in [0.5, 0.6) is 0 Å². The molecule has 0 radical (unpaired) electrons. The van der Waals surface area contributed by atoms with Crippen molar-refractivity contribution in [1.29, 1.82) is 5.26 Å². The van der Waals surface area contributed by atoms with Crippen molar-refractivity contribution in [2.75, 3.05) is 0 Å². The maximum atomic E-state index is 12.1. The molecule has 0 saturated heterocycles. The van der Waals surface area contributed by atoms with Gasteiger partial charge in [-0.25, -0.2) is 0 Å². The Morgan fingerprint density at radius 2 is 2.41 bits per heavy atom. The number of hydrogen-bond donors (Lipinski definition) is 1. The number of amides is 1. The van der Waals surface area contributed by atoms with Crippen LogP contribution < -0.4 is 5.32 Å². The van der Waals surface area contributed by atoms with Gasteiger partial charge in [0.25, 0.3) is 5.91 Å². The van der Waals surface area contributed by atoms with Gasteiger partial charge in [-0.15, -0.1) is 0 Å². The highest BCUT2D eigenvalue weighted by Crippen LogP contribution is 2.31. The van der Waals surface area contributed by atoms with Crippen LogP contribution in [-0.2, 0) is 6.54 Å². The molecule has 90 valence electrons. The molecule has 1 aliphatic carbocycles. The van der Waals surface area contributed by atoms with E-state index in [2.05, 4.69) is 27.3 Å². The summed E-state index contributed by atoms with van der Waals surface area (Å²) in [6.45, 7) is 2.71. The van der Waals surface area contributed by atoms with E-state index in [0.29, 0.717) is 5.69 Å². The molecular formula is C12H14BrN3O. The number of nitrogens with zero attached hydrogens (tertiary/aromatic N) is 2. The fourth-order valence-corrected chi connectivity index (χ4v) is 2.47. The molecule has 0 unspecified atom stereocenters. The summed E-state index contributed by atoms with van der Waals surface area (Å²) in [7, 11) is 0. The zero-order valence-corrected chi connectivity index (χ0v) is 11.2. The van der Waals surface area contributed by atoms with Crippen molar-refractivity contribution in [2.45, 2.75) is 38.3 Å². The maximum absolute atomic E-state index is 12.1. The standard InChI is InChI=1S/C12H14BrN3O/c1-2-16-7-9(13)6-10(16)11(17)15-12(8-14)4-3-5-12/h6-7H,2-5H2,1H3,(H,15,17). The maximum Gasteiger partial charge on any atom is 0.269 e. The molecule has 0 aromatic carbocycles. The SMILES string of the molecule is CCn1cc(Br)cc1C(=O)NC1(C#N)CCC1. The molecule has 0 spiro atoms. The van der Waals surface area contributed by atoms with Gasteiger partial charge in [0.05, 0.1) is 6.07 Å². The first-order valence-electron chi connectivity index (χ1n) is 5.69. The van der Waals surface area contributed by atoms with Crippen LogP contribution in [0.15, 0.2) is 16.7 Å². The van der Waals surface area contributed by atoms with Gasteiger partial charge in [0.2, 0.25) is 0 Å². The van der Waals surface area contributed by atoms with E-state index in [4.69, 9.17) is 5.26 Å². The highest BCUT2D eigenvalue weighted by atomic mass is 79.9. The molecule has 0 aliphatic heterocycles. The fourth-order valence-electron chi connectivity index (χ4n) is 2.00. The van der Waals surface area contributed by atoms with E-state index in [1.807, 2.05) is 17.7 Å². The average Bonchev–Trinajstić information content (AvgIpc) is 2.65. The summed E-state index contributed by atoms with van der Waals surface area (Å²) in [5, 5.41) is 11.9. The van der Waals surface area contributed by atoms with Gasteiger partial charge in [0, 0.05) is 17.2 Å². The molecule has 5 heteroatoms. The second-order valence-corrected chi connectivity index (χ2v) is 5.25.